The zero-order valence-corrected chi connectivity index (χ0v) is 12.5. The van der Waals surface area contributed by atoms with Crippen LogP contribution in [0.5, 0.6) is 0 Å². The molecule has 1 aromatic rings. The molecule has 96 valence electrons. The number of hydrogen-bond acceptors (Lipinski definition) is 2. The van der Waals surface area contributed by atoms with E-state index in [1.54, 1.807) is 7.11 Å². The second kappa shape index (κ2) is 7.85. The molecule has 0 fully saturated rings. The van der Waals surface area contributed by atoms with Crippen LogP contribution in [-0.4, -0.2) is 25.8 Å². The van der Waals surface area contributed by atoms with Crippen LogP contribution in [0, 0.1) is 0 Å². The monoisotopic (exact) mass is 299 g/mol. The van der Waals surface area contributed by atoms with Gasteiger partial charge in [0.2, 0.25) is 0 Å². The number of methoxy groups -OCH3 is 1. The van der Waals surface area contributed by atoms with Crippen molar-refractivity contribution in [2.45, 2.75) is 38.8 Å². The fraction of sp³-hybridized carbons (Fsp3) is 0.571. The molecule has 0 aromatic heterocycles. The van der Waals surface area contributed by atoms with Crippen LogP contribution in [0.3, 0.4) is 0 Å². The van der Waals surface area contributed by atoms with E-state index in [2.05, 4.69) is 59.4 Å². The molecule has 0 aliphatic heterocycles. The Morgan fingerprint density at radius 3 is 2.76 bits per heavy atom. The van der Waals surface area contributed by atoms with Crippen molar-refractivity contribution in [3.05, 3.63) is 34.3 Å². The molecular formula is C14H22BrNO. The topological polar surface area (TPSA) is 21.3 Å². The van der Waals surface area contributed by atoms with Gasteiger partial charge in [0.15, 0.2) is 0 Å². The Morgan fingerprint density at radius 2 is 2.18 bits per heavy atom. The van der Waals surface area contributed by atoms with Gasteiger partial charge in [-0.25, -0.2) is 0 Å². The second-order valence-corrected chi connectivity index (χ2v) is 5.25. The van der Waals surface area contributed by atoms with Crippen LogP contribution in [0.15, 0.2) is 28.7 Å². The minimum Gasteiger partial charge on any atom is -0.380 e. The van der Waals surface area contributed by atoms with Gasteiger partial charge in [-0.1, -0.05) is 35.0 Å². The van der Waals surface area contributed by atoms with E-state index in [9.17, 15) is 0 Å². The molecule has 1 aromatic carbocycles. The first kappa shape index (κ1) is 14.7. The summed E-state index contributed by atoms with van der Waals surface area (Å²) in [5.74, 6) is 0. The minimum absolute atomic E-state index is 0.223. The molecule has 0 spiro atoms. The van der Waals surface area contributed by atoms with Crippen molar-refractivity contribution in [3.63, 3.8) is 0 Å². The van der Waals surface area contributed by atoms with Crippen LogP contribution < -0.4 is 5.32 Å². The summed E-state index contributed by atoms with van der Waals surface area (Å²) in [6.45, 7) is 5.33. The number of rotatable bonds is 7. The Bertz CT molecular complexity index is 330. The largest absolute Gasteiger partial charge is 0.380 e. The molecule has 0 saturated carbocycles. The van der Waals surface area contributed by atoms with Gasteiger partial charge in [-0.15, -0.1) is 0 Å². The van der Waals surface area contributed by atoms with Crippen LogP contribution >= 0.6 is 15.9 Å². The van der Waals surface area contributed by atoms with Gasteiger partial charge in [0.05, 0.1) is 6.10 Å². The molecule has 0 saturated heterocycles. The first-order valence-electron chi connectivity index (χ1n) is 6.18. The van der Waals surface area contributed by atoms with Gasteiger partial charge < -0.3 is 10.1 Å². The number of benzene rings is 1. The Kier molecular flexibility index (Phi) is 6.78. The van der Waals surface area contributed by atoms with E-state index in [4.69, 9.17) is 4.74 Å². The van der Waals surface area contributed by atoms with E-state index < -0.39 is 0 Å². The average Bonchev–Trinajstić information content (AvgIpc) is 2.33. The molecule has 0 aliphatic rings. The van der Waals surface area contributed by atoms with Gasteiger partial charge in [0, 0.05) is 17.6 Å². The smallest absolute Gasteiger partial charge is 0.0699 e. The molecule has 0 amide bonds. The van der Waals surface area contributed by atoms with E-state index in [1.807, 2.05) is 0 Å². The van der Waals surface area contributed by atoms with Gasteiger partial charge in [0.25, 0.3) is 0 Å². The predicted octanol–water partition coefficient (Wildman–Crippen LogP) is 3.39. The summed E-state index contributed by atoms with van der Waals surface area (Å²) < 4.78 is 6.57. The van der Waals surface area contributed by atoms with Gasteiger partial charge in [-0.2, -0.15) is 0 Å². The molecule has 3 heteroatoms. The number of nitrogens with one attached hydrogen (secondary N) is 1. The molecular weight excluding hydrogens is 278 g/mol. The highest BCUT2D eigenvalue weighted by Gasteiger charge is 2.16. The predicted molar refractivity (Wildman–Crippen MR) is 76.4 cm³/mol. The van der Waals surface area contributed by atoms with Gasteiger partial charge in [-0.3, -0.25) is 0 Å². The molecule has 1 rings (SSSR count). The summed E-state index contributed by atoms with van der Waals surface area (Å²) in [5.41, 5.74) is 1.33. The number of ether oxygens (including phenoxy) is 1. The summed E-state index contributed by atoms with van der Waals surface area (Å²) in [6, 6.07) is 8.83. The lowest BCUT2D eigenvalue weighted by atomic mass is 10.0. The molecule has 17 heavy (non-hydrogen) atoms. The Balaban J connectivity index is 2.64. The van der Waals surface area contributed by atoms with E-state index in [1.165, 1.54) is 5.56 Å². The summed E-state index contributed by atoms with van der Waals surface area (Å²) in [7, 11) is 1.77. The fourth-order valence-corrected chi connectivity index (χ4v) is 2.26. The molecule has 0 bridgehead atoms. The van der Waals surface area contributed by atoms with Gasteiger partial charge in [-0.05, 0) is 44.0 Å². The molecule has 0 heterocycles. The second-order valence-electron chi connectivity index (χ2n) is 4.34. The van der Waals surface area contributed by atoms with Gasteiger partial charge in [0.1, 0.15) is 0 Å². The van der Waals surface area contributed by atoms with Crippen LogP contribution in [0.1, 0.15) is 25.8 Å². The molecule has 2 unspecified atom stereocenters. The highest BCUT2D eigenvalue weighted by Crippen LogP contribution is 2.14. The normalized spacial score (nSPS) is 14.6. The van der Waals surface area contributed by atoms with Crippen molar-refractivity contribution >= 4 is 15.9 Å². The van der Waals surface area contributed by atoms with Crippen molar-refractivity contribution in [1.82, 2.24) is 5.32 Å². The number of hydrogen-bond donors (Lipinski definition) is 1. The maximum atomic E-state index is 5.44. The van der Waals surface area contributed by atoms with E-state index >= 15 is 0 Å². The Hall–Kier alpha value is -0.380. The third-order valence-electron chi connectivity index (χ3n) is 2.94. The average molecular weight is 300 g/mol. The molecule has 0 radical (unpaired) electrons. The van der Waals surface area contributed by atoms with Crippen LogP contribution in [0.4, 0.5) is 0 Å². The summed E-state index contributed by atoms with van der Waals surface area (Å²) >= 11 is 3.51. The lowest BCUT2D eigenvalue weighted by Crippen LogP contribution is -2.41. The highest BCUT2D eigenvalue weighted by atomic mass is 79.9. The van der Waals surface area contributed by atoms with E-state index in [-0.39, 0.29) is 6.10 Å². The third kappa shape index (κ3) is 5.19. The molecule has 0 aliphatic carbocycles. The maximum absolute atomic E-state index is 5.44. The molecule has 1 N–H and O–H groups in total. The quantitative estimate of drug-likeness (QED) is 0.833. The standard InChI is InChI=1S/C14H22BrNO/c1-4-8-16-14(11(2)17-3)10-12-6-5-7-13(15)9-12/h5-7,9,11,14,16H,4,8,10H2,1-3H3. The van der Waals surface area contributed by atoms with Crippen molar-refractivity contribution in [3.8, 4) is 0 Å². The maximum Gasteiger partial charge on any atom is 0.0699 e. The first-order valence-corrected chi connectivity index (χ1v) is 6.97. The van der Waals surface area contributed by atoms with E-state index in [0.29, 0.717) is 6.04 Å². The van der Waals surface area contributed by atoms with Crippen LogP contribution in [0.25, 0.3) is 0 Å². The highest BCUT2D eigenvalue weighted by molar-refractivity contribution is 9.10. The minimum atomic E-state index is 0.223. The lowest BCUT2D eigenvalue weighted by Gasteiger charge is -2.24. The lowest BCUT2D eigenvalue weighted by molar-refractivity contribution is 0.0831. The van der Waals surface area contributed by atoms with E-state index in [0.717, 1.165) is 23.9 Å². The van der Waals surface area contributed by atoms with Crippen molar-refractivity contribution in [2.75, 3.05) is 13.7 Å². The zero-order valence-electron chi connectivity index (χ0n) is 10.9. The summed E-state index contributed by atoms with van der Waals surface area (Å²) in [4.78, 5) is 0. The van der Waals surface area contributed by atoms with Gasteiger partial charge >= 0.3 is 0 Å². The van der Waals surface area contributed by atoms with Crippen molar-refractivity contribution in [2.24, 2.45) is 0 Å². The molecule has 2 nitrogen and oxygen atoms in total. The fourth-order valence-electron chi connectivity index (χ4n) is 1.82. The van der Waals surface area contributed by atoms with Crippen molar-refractivity contribution < 1.29 is 4.74 Å². The summed E-state index contributed by atoms with van der Waals surface area (Å²) in [5, 5.41) is 3.55. The third-order valence-corrected chi connectivity index (χ3v) is 3.43. The summed E-state index contributed by atoms with van der Waals surface area (Å²) in [6.07, 6.45) is 2.36. The van der Waals surface area contributed by atoms with Crippen LogP contribution in [0.2, 0.25) is 0 Å². The Morgan fingerprint density at radius 1 is 1.41 bits per heavy atom. The first-order chi connectivity index (χ1) is 8.17. The Labute approximate surface area is 113 Å². The SMILES string of the molecule is CCCNC(Cc1cccc(Br)c1)C(C)OC. The molecule has 2 atom stereocenters. The van der Waals surface area contributed by atoms with Crippen LogP contribution in [-0.2, 0) is 11.2 Å². The zero-order chi connectivity index (χ0) is 12.7. The van der Waals surface area contributed by atoms with Crippen molar-refractivity contribution in [1.29, 1.82) is 0 Å². The number of halogens is 1.